The van der Waals surface area contributed by atoms with Gasteiger partial charge >= 0.3 is 18.0 Å². The van der Waals surface area contributed by atoms with Crippen molar-refractivity contribution in [3.05, 3.63) is 35.4 Å². The van der Waals surface area contributed by atoms with E-state index in [0.29, 0.717) is 10.4 Å². The first-order chi connectivity index (χ1) is 12.8. The van der Waals surface area contributed by atoms with Crippen molar-refractivity contribution < 1.29 is 34.4 Å². The normalized spacial score (nSPS) is 17.4. The number of aliphatic hydroxyl groups is 1. The number of benzene rings is 1. The van der Waals surface area contributed by atoms with E-state index in [4.69, 9.17) is 32.3 Å². The van der Waals surface area contributed by atoms with Crippen LogP contribution < -0.4 is 0 Å². The zero-order valence-corrected chi connectivity index (χ0v) is 17.0. The van der Waals surface area contributed by atoms with Crippen LogP contribution in [0.5, 0.6) is 0 Å². The number of hydrogen-bond donors (Lipinski definition) is 3. The third kappa shape index (κ3) is 7.24. The van der Waals surface area contributed by atoms with Gasteiger partial charge in [-0.15, -0.1) is 0 Å². The van der Waals surface area contributed by atoms with Crippen LogP contribution in [0.4, 0.5) is 4.79 Å². The van der Waals surface area contributed by atoms with Gasteiger partial charge in [-0.25, -0.2) is 14.4 Å². The van der Waals surface area contributed by atoms with Gasteiger partial charge in [0.2, 0.25) is 0 Å². The molecule has 0 unspecified atom stereocenters. The van der Waals surface area contributed by atoms with Crippen LogP contribution in [0.2, 0.25) is 0 Å². The van der Waals surface area contributed by atoms with E-state index in [9.17, 15) is 14.4 Å². The number of likely N-dealkylation sites (tertiary alicyclic amines) is 1. The van der Waals surface area contributed by atoms with Crippen molar-refractivity contribution >= 4 is 35.1 Å². The first-order valence-electron chi connectivity index (χ1n) is 8.53. The van der Waals surface area contributed by atoms with Crippen molar-refractivity contribution in [2.75, 3.05) is 6.54 Å². The van der Waals surface area contributed by atoms with Crippen molar-refractivity contribution in [1.29, 1.82) is 0 Å². The van der Waals surface area contributed by atoms with Gasteiger partial charge in [0.15, 0.2) is 6.10 Å². The van der Waals surface area contributed by atoms with Gasteiger partial charge in [0.1, 0.15) is 11.6 Å². The van der Waals surface area contributed by atoms with Crippen LogP contribution in [0.25, 0.3) is 0 Å². The van der Waals surface area contributed by atoms with Gasteiger partial charge in [-0.2, -0.15) is 0 Å². The number of carbonyl (C=O) groups excluding carboxylic acids is 1. The maximum atomic E-state index is 11.7. The maximum Gasteiger partial charge on any atom is 0.411 e. The molecule has 0 saturated carbocycles. The van der Waals surface area contributed by atoms with E-state index < -0.39 is 35.8 Å². The zero-order valence-electron chi connectivity index (χ0n) is 16.2. The van der Waals surface area contributed by atoms with E-state index in [2.05, 4.69) is 0 Å². The molecule has 1 saturated heterocycles. The highest BCUT2D eigenvalue weighted by Crippen LogP contribution is 2.20. The molecule has 154 valence electrons. The molecule has 2 rings (SSSR count). The molecule has 9 heteroatoms. The third-order valence-electron chi connectivity index (χ3n) is 3.68. The van der Waals surface area contributed by atoms with Crippen molar-refractivity contribution in [3.8, 4) is 0 Å². The van der Waals surface area contributed by atoms with Crippen molar-refractivity contribution in [1.82, 2.24) is 4.90 Å². The molecule has 0 aromatic heterocycles. The number of hydrogen-bond acceptors (Lipinski definition) is 6. The number of thiocarbonyl (C=S) groups is 1. The molecule has 1 amide bonds. The molecule has 3 N–H and O–H groups in total. The van der Waals surface area contributed by atoms with Gasteiger partial charge in [0.05, 0.1) is 6.54 Å². The SMILES string of the molecule is CC(C)(C)OC(=O)N1CC(=S)C[C@H]1C(=O)O.Cc1ccc([C@H](O)C(=O)O)cc1. The average molecular weight is 411 g/mol. The lowest BCUT2D eigenvalue weighted by Crippen LogP contribution is -2.43. The summed E-state index contributed by atoms with van der Waals surface area (Å²) >= 11 is 4.94. The lowest BCUT2D eigenvalue weighted by Gasteiger charge is -2.26. The fraction of sp³-hybridized carbons (Fsp3) is 0.474. The molecule has 1 aromatic carbocycles. The predicted molar refractivity (Wildman–Crippen MR) is 105 cm³/mol. The van der Waals surface area contributed by atoms with E-state index in [0.717, 1.165) is 10.5 Å². The van der Waals surface area contributed by atoms with E-state index in [1.807, 2.05) is 6.92 Å². The summed E-state index contributed by atoms with van der Waals surface area (Å²) in [7, 11) is 0. The van der Waals surface area contributed by atoms with Crippen molar-refractivity contribution in [2.24, 2.45) is 0 Å². The highest BCUT2D eigenvalue weighted by atomic mass is 32.1. The van der Waals surface area contributed by atoms with E-state index in [-0.39, 0.29) is 13.0 Å². The van der Waals surface area contributed by atoms with Crippen LogP contribution in [0, 0.1) is 6.92 Å². The Labute approximate surface area is 168 Å². The minimum absolute atomic E-state index is 0.182. The Morgan fingerprint density at radius 1 is 1.18 bits per heavy atom. The molecule has 28 heavy (non-hydrogen) atoms. The fourth-order valence-corrected chi connectivity index (χ4v) is 2.61. The number of amides is 1. The lowest BCUT2D eigenvalue weighted by molar-refractivity contribution is -0.147. The Hall–Kier alpha value is -2.52. The van der Waals surface area contributed by atoms with E-state index in [1.165, 1.54) is 0 Å². The number of aliphatic carboxylic acids is 2. The molecule has 0 radical (unpaired) electrons. The second kappa shape index (κ2) is 9.61. The molecular weight excluding hydrogens is 386 g/mol. The summed E-state index contributed by atoms with van der Waals surface area (Å²) in [5.41, 5.74) is 0.814. The molecule has 1 aliphatic rings. The van der Waals surface area contributed by atoms with E-state index >= 15 is 0 Å². The Balaban J connectivity index is 0.000000292. The summed E-state index contributed by atoms with van der Waals surface area (Å²) in [5, 5.41) is 26.5. The van der Waals surface area contributed by atoms with Crippen LogP contribution in [0.15, 0.2) is 24.3 Å². The molecule has 1 aliphatic heterocycles. The highest BCUT2D eigenvalue weighted by molar-refractivity contribution is 7.80. The number of rotatable bonds is 3. The van der Waals surface area contributed by atoms with Crippen LogP contribution in [-0.2, 0) is 14.3 Å². The molecule has 0 spiro atoms. The molecule has 0 bridgehead atoms. The predicted octanol–water partition coefficient (Wildman–Crippen LogP) is 2.56. The van der Waals surface area contributed by atoms with Gasteiger partial charge in [-0.1, -0.05) is 42.0 Å². The summed E-state index contributed by atoms with van der Waals surface area (Å²) < 4.78 is 5.11. The summed E-state index contributed by atoms with van der Waals surface area (Å²) in [6.07, 6.45) is -1.81. The van der Waals surface area contributed by atoms with E-state index in [1.54, 1.807) is 45.0 Å². The minimum atomic E-state index is -1.41. The Morgan fingerprint density at radius 3 is 2.14 bits per heavy atom. The Kier molecular flexibility index (Phi) is 8.07. The van der Waals surface area contributed by atoms with Crippen molar-refractivity contribution in [2.45, 2.75) is 51.9 Å². The Bertz CT molecular complexity index is 740. The zero-order chi connectivity index (χ0) is 21.6. The van der Waals surface area contributed by atoms with Gasteiger partial charge in [0.25, 0.3) is 0 Å². The number of aliphatic hydroxyl groups excluding tert-OH is 1. The molecule has 1 heterocycles. The highest BCUT2D eigenvalue weighted by Gasteiger charge is 2.38. The maximum absolute atomic E-state index is 11.7. The number of aryl methyl sites for hydroxylation is 1. The number of nitrogens with zero attached hydrogens (tertiary/aromatic N) is 1. The second-order valence-electron chi connectivity index (χ2n) is 7.36. The average Bonchev–Trinajstić information content (AvgIpc) is 2.96. The summed E-state index contributed by atoms with van der Waals surface area (Å²) in [6, 6.07) is 5.85. The number of carbonyl (C=O) groups is 3. The number of carboxylic acid groups (broad SMARTS) is 2. The summed E-state index contributed by atoms with van der Waals surface area (Å²) in [4.78, 5) is 34.7. The molecule has 2 atom stereocenters. The molecule has 1 fully saturated rings. The standard InChI is InChI=1S/C10H15NO4S.C9H10O3/c1-10(2,3)15-9(14)11-5-6(16)4-7(11)8(12)13;1-6-2-4-7(5-3-6)8(10)9(11)12/h7H,4-5H2,1-3H3,(H,12,13);2-5,8,10H,1H3,(H,11,12)/t7-;8-/m00/s1. The number of carboxylic acids is 2. The molecule has 0 aliphatic carbocycles. The topological polar surface area (TPSA) is 124 Å². The summed E-state index contributed by atoms with van der Waals surface area (Å²) in [5.74, 6) is -2.27. The van der Waals surface area contributed by atoms with Crippen LogP contribution in [0.3, 0.4) is 0 Å². The Morgan fingerprint density at radius 2 is 1.71 bits per heavy atom. The van der Waals surface area contributed by atoms with Crippen LogP contribution in [-0.4, -0.2) is 61.3 Å². The number of ether oxygens (including phenoxy) is 1. The molecular formula is C19H25NO7S. The smallest absolute Gasteiger partial charge is 0.411 e. The van der Waals surface area contributed by atoms with Crippen LogP contribution in [0.1, 0.15) is 44.4 Å². The van der Waals surface area contributed by atoms with Gasteiger partial charge in [0, 0.05) is 11.3 Å². The first kappa shape index (κ1) is 23.5. The fourth-order valence-electron chi connectivity index (χ4n) is 2.31. The first-order valence-corrected chi connectivity index (χ1v) is 8.94. The molecule has 1 aromatic rings. The van der Waals surface area contributed by atoms with Crippen LogP contribution >= 0.6 is 12.2 Å². The summed E-state index contributed by atoms with van der Waals surface area (Å²) in [6.45, 7) is 7.28. The monoisotopic (exact) mass is 411 g/mol. The van der Waals surface area contributed by atoms with Gasteiger partial charge < -0.3 is 20.1 Å². The second-order valence-corrected chi connectivity index (χ2v) is 7.93. The third-order valence-corrected chi connectivity index (χ3v) is 3.98. The quantitative estimate of drug-likeness (QED) is 0.648. The largest absolute Gasteiger partial charge is 0.480 e. The lowest BCUT2D eigenvalue weighted by atomic mass is 10.1. The van der Waals surface area contributed by atoms with Gasteiger partial charge in [-0.3, -0.25) is 4.90 Å². The minimum Gasteiger partial charge on any atom is -0.480 e. The molecule has 8 nitrogen and oxygen atoms in total. The van der Waals surface area contributed by atoms with Crippen molar-refractivity contribution in [3.63, 3.8) is 0 Å². The van der Waals surface area contributed by atoms with Gasteiger partial charge in [-0.05, 0) is 33.3 Å².